The summed E-state index contributed by atoms with van der Waals surface area (Å²) in [6.45, 7) is 3.28. The quantitative estimate of drug-likeness (QED) is 0.386. The van der Waals surface area contributed by atoms with Crippen molar-refractivity contribution in [3.63, 3.8) is 0 Å². The Morgan fingerprint density at radius 1 is 1.09 bits per heavy atom. The zero-order chi connectivity index (χ0) is 22.6. The van der Waals surface area contributed by atoms with Gasteiger partial charge in [-0.15, -0.1) is 11.3 Å². The molecule has 4 aromatic rings. The Hall–Kier alpha value is -2.85. The zero-order valence-corrected chi connectivity index (χ0v) is 19.4. The van der Waals surface area contributed by atoms with E-state index in [-0.39, 0.29) is 17.8 Å². The van der Waals surface area contributed by atoms with E-state index in [1.807, 2.05) is 36.4 Å². The first-order valence-corrected chi connectivity index (χ1v) is 12.4. The lowest BCUT2D eigenvalue weighted by Gasteiger charge is -2.34. The van der Waals surface area contributed by atoms with Crippen LogP contribution in [0.1, 0.15) is 21.3 Å². The number of thiazole rings is 1. The van der Waals surface area contributed by atoms with E-state index in [4.69, 9.17) is 4.74 Å². The zero-order valence-electron chi connectivity index (χ0n) is 17.8. The maximum Gasteiger partial charge on any atom is 0.261 e. The first-order chi connectivity index (χ1) is 16.2. The molecule has 2 N–H and O–H groups in total. The summed E-state index contributed by atoms with van der Waals surface area (Å²) in [5.41, 5.74) is 1.95. The molecule has 2 aromatic heterocycles. The SMILES string of the molecule is O=C(NC[C@@H](c1ccc(F)cc1)N1CCOCC1)c1cc2sc(Nc3ccccc3)nc2s1. The monoisotopic (exact) mass is 482 g/mol. The maximum absolute atomic E-state index is 13.4. The largest absolute Gasteiger partial charge is 0.379 e. The molecule has 2 aromatic carbocycles. The molecule has 1 atom stereocenters. The van der Waals surface area contributed by atoms with Crippen LogP contribution in [0, 0.1) is 5.82 Å². The van der Waals surface area contributed by atoms with Gasteiger partial charge in [-0.2, -0.15) is 0 Å². The standard InChI is InChI=1S/C24H23FN4O2S2/c25-17-8-6-16(7-9-17)19(29-10-12-31-13-11-29)15-26-22(30)20-14-21-23(32-20)28-24(33-21)27-18-4-2-1-3-5-18/h1-9,14,19H,10-13,15H2,(H,26,30)(H,27,28)/t19-/m0/s1. The van der Waals surface area contributed by atoms with Crippen molar-refractivity contribution >= 4 is 48.9 Å². The fourth-order valence-corrected chi connectivity index (χ4v) is 5.91. The number of aromatic nitrogens is 1. The van der Waals surface area contributed by atoms with Crippen molar-refractivity contribution in [2.45, 2.75) is 6.04 Å². The molecule has 6 nitrogen and oxygen atoms in total. The Labute approximate surface area is 199 Å². The molecule has 1 saturated heterocycles. The van der Waals surface area contributed by atoms with E-state index >= 15 is 0 Å². The summed E-state index contributed by atoms with van der Waals surface area (Å²) in [4.78, 5) is 21.3. The summed E-state index contributed by atoms with van der Waals surface area (Å²) in [7, 11) is 0. The lowest BCUT2D eigenvalue weighted by Crippen LogP contribution is -2.43. The molecule has 0 radical (unpaired) electrons. The number of hydrogen-bond acceptors (Lipinski definition) is 7. The van der Waals surface area contributed by atoms with Crippen LogP contribution >= 0.6 is 22.7 Å². The highest BCUT2D eigenvalue weighted by atomic mass is 32.1. The second kappa shape index (κ2) is 9.96. The Kier molecular flexibility index (Phi) is 6.63. The van der Waals surface area contributed by atoms with Gasteiger partial charge in [0.05, 0.1) is 28.8 Å². The summed E-state index contributed by atoms with van der Waals surface area (Å²) < 4.78 is 19.9. The summed E-state index contributed by atoms with van der Waals surface area (Å²) in [5, 5.41) is 7.17. The number of fused-ring (bicyclic) bond motifs is 1. The van der Waals surface area contributed by atoms with E-state index in [2.05, 4.69) is 20.5 Å². The summed E-state index contributed by atoms with van der Waals surface area (Å²) in [5.74, 6) is -0.390. The Morgan fingerprint density at radius 3 is 2.58 bits per heavy atom. The summed E-state index contributed by atoms with van der Waals surface area (Å²) >= 11 is 2.91. The smallest absolute Gasteiger partial charge is 0.261 e. The van der Waals surface area contributed by atoms with Crippen LogP contribution in [-0.4, -0.2) is 48.6 Å². The van der Waals surface area contributed by atoms with E-state index < -0.39 is 0 Å². The van der Waals surface area contributed by atoms with Crippen LogP contribution in [0.15, 0.2) is 60.7 Å². The second-order valence-electron chi connectivity index (χ2n) is 7.72. The lowest BCUT2D eigenvalue weighted by molar-refractivity contribution is 0.0162. The molecule has 0 saturated carbocycles. The third-order valence-electron chi connectivity index (χ3n) is 5.54. The predicted octanol–water partition coefficient (Wildman–Crippen LogP) is 5.04. The van der Waals surface area contributed by atoms with Crippen LogP contribution in [-0.2, 0) is 4.74 Å². The van der Waals surface area contributed by atoms with Gasteiger partial charge in [0.2, 0.25) is 0 Å². The van der Waals surface area contributed by atoms with Gasteiger partial charge in [-0.1, -0.05) is 41.7 Å². The minimum absolute atomic E-state index is 0.0423. The van der Waals surface area contributed by atoms with Crippen LogP contribution in [0.4, 0.5) is 15.2 Å². The Bertz CT molecular complexity index is 1190. The van der Waals surface area contributed by atoms with E-state index in [9.17, 15) is 9.18 Å². The van der Waals surface area contributed by atoms with Crippen LogP contribution in [0.25, 0.3) is 9.53 Å². The van der Waals surface area contributed by atoms with Gasteiger partial charge in [-0.25, -0.2) is 9.37 Å². The molecule has 33 heavy (non-hydrogen) atoms. The van der Waals surface area contributed by atoms with Gasteiger partial charge in [0.15, 0.2) is 5.13 Å². The Balaban J connectivity index is 1.27. The third kappa shape index (κ3) is 5.22. The average Bonchev–Trinajstić information content (AvgIpc) is 3.40. The molecule has 1 amide bonds. The number of morpholine rings is 1. The lowest BCUT2D eigenvalue weighted by atomic mass is 10.0. The van der Waals surface area contributed by atoms with Gasteiger partial charge in [0.1, 0.15) is 10.6 Å². The number of carbonyl (C=O) groups is 1. The number of anilines is 2. The molecule has 1 fully saturated rings. The molecule has 9 heteroatoms. The Morgan fingerprint density at radius 2 is 1.85 bits per heavy atom. The molecule has 1 aliphatic heterocycles. The van der Waals surface area contributed by atoms with Crippen molar-refractivity contribution in [2.75, 3.05) is 38.2 Å². The first-order valence-electron chi connectivity index (χ1n) is 10.7. The van der Waals surface area contributed by atoms with Gasteiger partial charge in [0.25, 0.3) is 5.91 Å². The molecule has 1 aliphatic rings. The first kappa shape index (κ1) is 22.0. The van der Waals surface area contributed by atoms with Gasteiger partial charge < -0.3 is 15.4 Å². The maximum atomic E-state index is 13.4. The van der Waals surface area contributed by atoms with Crippen LogP contribution in [0.2, 0.25) is 0 Å². The highest BCUT2D eigenvalue weighted by Gasteiger charge is 2.24. The normalized spacial score (nSPS) is 15.4. The van der Waals surface area contributed by atoms with Crippen molar-refractivity contribution in [2.24, 2.45) is 0 Å². The number of nitrogens with zero attached hydrogens (tertiary/aromatic N) is 2. The predicted molar refractivity (Wildman–Crippen MR) is 131 cm³/mol. The molecular weight excluding hydrogens is 459 g/mol. The van der Waals surface area contributed by atoms with Crippen LogP contribution in [0.3, 0.4) is 0 Å². The highest BCUT2D eigenvalue weighted by molar-refractivity contribution is 7.29. The number of thiophene rings is 1. The number of nitrogens with one attached hydrogen (secondary N) is 2. The molecular formula is C24H23FN4O2S2. The fraction of sp³-hybridized carbons (Fsp3) is 0.250. The van der Waals surface area contributed by atoms with Crippen LogP contribution in [0.5, 0.6) is 0 Å². The summed E-state index contributed by atoms with van der Waals surface area (Å²) in [6, 6.07) is 18.2. The summed E-state index contributed by atoms with van der Waals surface area (Å²) in [6.07, 6.45) is 0. The van der Waals surface area contributed by atoms with Crippen LogP contribution < -0.4 is 10.6 Å². The average molecular weight is 483 g/mol. The van der Waals surface area contributed by atoms with E-state index in [0.29, 0.717) is 24.6 Å². The highest BCUT2D eigenvalue weighted by Crippen LogP contribution is 2.34. The number of ether oxygens (including phenoxy) is 1. The molecule has 0 spiro atoms. The van der Waals surface area contributed by atoms with Crippen molar-refractivity contribution in [1.82, 2.24) is 15.2 Å². The minimum Gasteiger partial charge on any atom is -0.379 e. The topological polar surface area (TPSA) is 66.5 Å². The number of amides is 1. The van der Waals surface area contributed by atoms with Crippen molar-refractivity contribution in [1.29, 1.82) is 0 Å². The van der Waals surface area contributed by atoms with Gasteiger partial charge >= 0.3 is 0 Å². The second-order valence-corrected chi connectivity index (χ2v) is 9.78. The van der Waals surface area contributed by atoms with Gasteiger partial charge in [-0.05, 0) is 35.9 Å². The van der Waals surface area contributed by atoms with Gasteiger partial charge in [-0.3, -0.25) is 9.69 Å². The molecule has 170 valence electrons. The van der Waals surface area contributed by atoms with E-state index in [0.717, 1.165) is 39.0 Å². The van der Waals surface area contributed by atoms with Crippen molar-refractivity contribution in [3.05, 3.63) is 76.9 Å². The number of carbonyl (C=O) groups excluding carboxylic acids is 1. The molecule has 3 heterocycles. The molecule has 0 unspecified atom stereocenters. The minimum atomic E-state index is -0.268. The van der Waals surface area contributed by atoms with E-state index in [1.54, 1.807) is 12.1 Å². The number of hydrogen-bond donors (Lipinski definition) is 2. The molecule has 0 bridgehead atoms. The third-order valence-corrected chi connectivity index (χ3v) is 7.61. The van der Waals surface area contributed by atoms with Crippen molar-refractivity contribution < 1.29 is 13.9 Å². The molecule has 0 aliphatic carbocycles. The number of halogens is 1. The number of benzene rings is 2. The van der Waals surface area contributed by atoms with Crippen molar-refractivity contribution in [3.8, 4) is 0 Å². The molecule has 5 rings (SSSR count). The number of rotatable bonds is 7. The van der Waals surface area contributed by atoms with E-state index in [1.165, 1.54) is 34.8 Å². The van der Waals surface area contributed by atoms with Gasteiger partial charge in [0, 0.05) is 25.3 Å². The fourth-order valence-electron chi connectivity index (χ4n) is 3.85. The number of para-hydroxylation sites is 1.